The molecular formula is C20H22N2O3. The molecule has 0 heterocycles. The Morgan fingerprint density at radius 3 is 2.00 bits per heavy atom. The molecule has 5 heteroatoms. The van der Waals surface area contributed by atoms with E-state index in [1.54, 1.807) is 36.4 Å². The van der Waals surface area contributed by atoms with Gasteiger partial charge in [0.05, 0.1) is 6.10 Å². The van der Waals surface area contributed by atoms with Gasteiger partial charge in [0.15, 0.2) is 0 Å². The molecule has 0 aliphatic heterocycles. The second kappa shape index (κ2) is 7.83. The van der Waals surface area contributed by atoms with Gasteiger partial charge < -0.3 is 15.4 Å². The molecule has 25 heavy (non-hydrogen) atoms. The molecule has 0 saturated heterocycles. The number of hydrogen-bond donors (Lipinski definition) is 2. The number of anilines is 2. The van der Waals surface area contributed by atoms with Crippen LogP contribution in [0.25, 0.3) is 0 Å². The van der Waals surface area contributed by atoms with Gasteiger partial charge in [-0.2, -0.15) is 0 Å². The summed E-state index contributed by atoms with van der Waals surface area (Å²) >= 11 is 0. The Balaban J connectivity index is 1.57. The van der Waals surface area contributed by atoms with Crippen LogP contribution in [-0.4, -0.2) is 17.9 Å². The molecule has 1 aliphatic carbocycles. The Kier molecular flexibility index (Phi) is 5.33. The van der Waals surface area contributed by atoms with E-state index in [1.165, 1.54) is 19.8 Å². The second-order valence-corrected chi connectivity index (χ2v) is 6.26. The third-order valence-corrected chi connectivity index (χ3v) is 4.18. The van der Waals surface area contributed by atoms with Gasteiger partial charge in [-0.1, -0.05) is 0 Å². The Morgan fingerprint density at radius 2 is 1.44 bits per heavy atom. The van der Waals surface area contributed by atoms with Gasteiger partial charge in [-0.25, -0.2) is 0 Å². The maximum Gasteiger partial charge on any atom is 0.255 e. The van der Waals surface area contributed by atoms with Crippen molar-refractivity contribution in [3.05, 3.63) is 54.1 Å². The predicted molar refractivity (Wildman–Crippen MR) is 98.0 cm³/mol. The minimum absolute atomic E-state index is 0.128. The number of nitrogens with one attached hydrogen (secondary N) is 2. The minimum Gasteiger partial charge on any atom is -0.490 e. The van der Waals surface area contributed by atoms with Gasteiger partial charge in [-0.05, 0) is 74.2 Å². The van der Waals surface area contributed by atoms with Crippen LogP contribution in [0.1, 0.15) is 43.0 Å². The highest BCUT2D eigenvalue weighted by molar-refractivity contribution is 6.04. The van der Waals surface area contributed by atoms with E-state index in [9.17, 15) is 9.59 Å². The standard InChI is InChI=1S/C20H22N2O3/c1-14(23)21-16-8-10-17(11-9-16)22-20(24)15-6-12-19(13-7-15)25-18-4-2-3-5-18/h6-13,18H,2-5H2,1H3,(H,21,23)(H,22,24). The number of rotatable bonds is 5. The maximum absolute atomic E-state index is 12.3. The number of hydrogen-bond acceptors (Lipinski definition) is 3. The third-order valence-electron chi connectivity index (χ3n) is 4.18. The maximum atomic E-state index is 12.3. The molecule has 1 saturated carbocycles. The first-order valence-electron chi connectivity index (χ1n) is 8.56. The average molecular weight is 338 g/mol. The van der Waals surface area contributed by atoms with Gasteiger partial charge in [0.25, 0.3) is 5.91 Å². The lowest BCUT2D eigenvalue weighted by atomic mass is 10.2. The van der Waals surface area contributed by atoms with Gasteiger partial charge in [-0.3, -0.25) is 9.59 Å². The zero-order valence-corrected chi connectivity index (χ0v) is 14.2. The molecule has 130 valence electrons. The summed E-state index contributed by atoms with van der Waals surface area (Å²) in [6, 6.07) is 14.2. The fourth-order valence-corrected chi connectivity index (χ4v) is 2.93. The van der Waals surface area contributed by atoms with Gasteiger partial charge in [-0.15, -0.1) is 0 Å². The minimum atomic E-state index is -0.181. The van der Waals surface area contributed by atoms with Crippen LogP contribution in [0.5, 0.6) is 5.75 Å². The molecule has 2 N–H and O–H groups in total. The number of benzene rings is 2. The van der Waals surface area contributed by atoms with Crippen LogP contribution in [0.4, 0.5) is 11.4 Å². The van der Waals surface area contributed by atoms with Crippen molar-refractivity contribution in [2.45, 2.75) is 38.7 Å². The molecule has 5 nitrogen and oxygen atoms in total. The normalized spacial score (nSPS) is 14.1. The van der Waals surface area contributed by atoms with Crippen LogP contribution in [0.2, 0.25) is 0 Å². The predicted octanol–water partition coefficient (Wildman–Crippen LogP) is 4.22. The van der Waals surface area contributed by atoms with Crippen molar-refractivity contribution in [2.24, 2.45) is 0 Å². The molecule has 2 aromatic rings. The van der Waals surface area contributed by atoms with E-state index < -0.39 is 0 Å². The van der Waals surface area contributed by atoms with Gasteiger partial charge >= 0.3 is 0 Å². The third kappa shape index (κ3) is 4.83. The van der Waals surface area contributed by atoms with Crippen molar-refractivity contribution in [3.8, 4) is 5.75 Å². The van der Waals surface area contributed by atoms with Gasteiger partial charge in [0, 0.05) is 23.9 Å². The summed E-state index contributed by atoms with van der Waals surface area (Å²) in [4.78, 5) is 23.3. The summed E-state index contributed by atoms with van der Waals surface area (Å²) in [5, 5.41) is 5.53. The summed E-state index contributed by atoms with van der Waals surface area (Å²) in [7, 11) is 0. The zero-order valence-electron chi connectivity index (χ0n) is 14.2. The van der Waals surface area contributed by atoms with Crippen LogP contribution in [0.15, 0.2) is 48.5 Å². The summed E-state index contributed by atoms with van der Waals surface area (Å²) in [6.07, 6.45) is 4.98. The monoisotopic (exact) mass is 338 g/mol. The lowest BCUT2D eigenvalue weighted by molar-refractivity contribution is -0.114. The highest BCUT2D eigenvalue weighted by Crippen LogP contribution is 2.24. The van der Waals surface area contributed by atoms with Crippen LogP contribution >= 0.6 is 0 Å². The highest BCUT2D eigenvalue weighted by Gasteiger charge is 2.16. The second-order valence-electron chi connectivity index (χ2n) is 6.26. The quantitative estimate of drug-likeness (QED) is 0.858. The zero-order chi connectivity index (χ0) is 17.6. The average Bonchev–Trinajstić information content (AvgIpc) is 3.10. The fraction of sp³-hybridized carbons (Fsp3) is 0.300. The fourth-order valence-electron chi connectivity index (χ4n) is 2.93. The molecule has 2 amide bonds. The van der Waals surface area contributed by atoms with Crippen LogP contribution in [0.3, 0.4) is 0 Å². The lowest BCUT2D eigenvalue weighted by Crippen LogP contribution is -2.13. The molecule has 1 fully saturated rings. The number of amides is 2. The molecule has 0 atom stereocenters. The van der Waals surface area contributed by atoms with Crippen LogP contribution in [0, 0.1) is 0 Å². The Morgan fingerprint density at radius 1 is 0.880 bits per heavy atom. The molecule has 0 bridgehead atoms. The summed E-state index contributed by atoms with van der Waals surface area (Å²) in [5.41, 5.74) is 1.94. The first-order chi connectivity index (χ1) is 12.1. The van der Waals surface area contributed by atoms with Crippen molar-refractivity contribution < 1.29 is 14.3 Å². The van der Waals surface area contributed by atoms with Crippen LogP contribution in [-0.2, 0) is 4.79 Å². The molecule has 0 radical (unpaired) electrons. The largest absolute Gasteiger partial charge is 0.490 e. The molecule has 0 spiro atoms. The first-order valence-corrected chi connectivity index (χ1v) is 8.56. The molecule has 0 aromatic heterocycles. The lowest BCUT2D eigenvalue weighted by Gasteiger charge is -2.13. The smallest absolute Gasteiger partial charge is 0.255 e. The van der Waals surface area contributed by atoms with E-state index in [4.69, 9.17) is 4.74 Å². The molecule has 2 aromatic carbocycles. The van der Waals surface area contributed by atoms with Crippen molar-refractivity contribution >= 4 is 23.2 Å². The number of carbonyl (C=O) groups excluding carboxylic acids is 2. The molecular weight excluding hydrogens is 316 g/mol. The summed E-state index contributed by atoms with van der Waals surface area (Å²) in [6.45, 7) is 1.45. The van der Waals surface area contributed by atoms with E-state index in [0.717, 1.165) is 18.6 Å². The van der Waals surface area contributed by atoms with E-state index in [2.05, 4.69) is 10.6 Å². The van der Waals surface area contributed by atoms with Gasteiger partial charge in [0.1, 0.15) is 5.75 Å². The highest BCUT2D eigenvalue weighted by atomic mass is 16.5. The summed E-state index contributed by atoms with van der Waals surface area (Å²) in [5.74, 6) is 0.500. The number of ether oxygens (including phenoxy) is 1. The number of carbonyl (C=O) groups is 2. The van der Waals surface area contributed by atoms with E-state index in [-0.39, 0.29) is 11.8 Å². The van der Waals surface area contributed by atoms with E-state index in [0.29, 0.717) is 23.0 Å². The SMILES string of the molecule is CC(=O)Nc1ccc(NC(=O)c2ccc(OC3CCCC3)cc2)cc1. The van der Waals surface area contributed by atoms with Crippen LogP contribution < -0.4 is 15.4 Å². The molecule has 3 rings (SSSR count). The van der Waals surface area contributed by atoms with Gasteiger partial charge in [0.2, 0.25) is 5.91 Å². The Labute approximate surface area is 147 Å². The molecule has 0 unspecified atom stereocenters. The van der Waals surface area contributed by atoms with E-state index in [1.807, 2.05) is 12.1 Å². The molecule has 1 aliphatic rings. The van der Waals surface area contributed by atoms with E-state index >= 15 is 0 Å². The first kappa shape index (κ1) is 17.0. The Hall–Kier alpha value is -2.82. The van der Waals surface area contributed by atoms with Crippen molar-refractivity contribution in [1.29, 1.82) is 0 Å². The summed E-state index contributed by atoms with van der Waals surface area (Å²) < 4.78 is 5.91. The van der Waals surface area contributed by atoms with Crippen molar-refractivity contribution in [3.63, 3.8) is 0 Å². The Bertz CT molecular complexity index is 733. The topological polar surface area (TPSA) is 67.4 Å². The van der Waals surface area contributed by atoms with Crippen molar-refractivity contribution in [2.75, 3.05) is 10.6 Å². The van der Waals surface area contributed by atoms with Crippen molar-refractivity contribution in [1.82, 2.24) is 0 Å².